The van der Waals surface area contributed by atoms with Crippen molar-refractivity contribution in [3.8, 4) is 0 Å². The Hall–Kier alpha value is -4.06. The maximum atomic E-state index is 12.2. The van der Waals surface area contributed by atoms with E-state index in [0.717, 1.165) is 24.2 Å². The number of carbonyl (C=O) groups excluding carboxylic acids is 3. The second-order valence-corrected chi connectivity index (χ2v) is 10.3. The van der Waals surface area contributed by atoms with Crippen molar-refractivity contribution in [2.75, 3.05) is 39.3 Å². The molecule has 2 aromatic carbocycles. The third-order valence-corrected chi connectivity index (χ3v) is 6.04. The number of ether oxygens (including phenoxy) is 1. The first-order chi connectivity index (χ1) is 20.6. The fraction of sp³-hybridized carbons (Fsp3) is 0.433. The van der Waals surface area contributed by atoms with Crippen LogP contribution in [-0.2, 0) is 27.4 Å². The molecule has 0 spiro atoms. The molecule has 2 radical (unpaired) electrons. The zero-order valence-electron chi connectivity index (χ0n) is 26.6. The van der Waals surface area contributed by atoms with E-state index in [1.165, 1.54) is 12.3 Å². The van der Waals surface area contributed by atoms with Gasteiger partial charge in [0, 0.05) is 49.0 Å². The van der Waals surface area contributed by atoms with Crippen molar-refractivity contribution >= 4 is 50.1 Å². The van der Waals surface area contributed by atoms with Crippen LogP contribution in [0.3, 0.4) is 0 Å². The smallest absolute Gasteiger partial charge is 0.410 e. The lowest BCUT2D eigenvalue weighted by Crippen LogP contribution is -2.52. The average Bonchev–Trinajstić information content (AvgIpc) is 3.01. The minimum Gasteiger partial charge on any atom is -0.444 e. The molecule has 0 aromatic heterocycles. The fourth-order valence-electron chi connectivity index (χ4n) is 3.96. The molecular formula is C30H40BClN6O4. The van der Waals surface area contributed by atoms with Crippen LogP contribution in [-0.4, -0.2) is 87.2 Å². The summed E-state index contributed by atoms with van der Waals surface area (Å²) in [5.41, 5.74) is 2.69. The predicted molar refractivity (Wildman–Crippen MR) is 168 cm³/mol. The third kappa shape index (κ3) is 11.8. The first-order valence-electron chi connectivity index (χ1n) is 14.3. The Kier molecular flexibility index (Phi) is 14.4. The monoisotopic (exact) mass is 596 g/mol. The molecule has 0 saturated carbocycles. The van der Waals surface area contributed by atoms with Gasteiger partial charge in [-0.25, -0.2) is 14.5 Å². The average molecular weight is 597 g/mol. The summed E-state index contributed by atoms with van der Waals surface area (Å²) >= 11 is 0. The number of hydrogen-bond acceptors (Lipinski definition) is 5. The van der Waals surface area contributed by atoms with Crippen LogP contribution in [0.1, 0.15) is 40.7 Å². The van der Waals surface area contributed by atoms with Crippen LogP contribution in [0.25, 0.3) is 9.69 Å². The molecule has 3 amide bonds. The van der Waals surface area contributed by atoms with Gasteiger partial charge in [-0.15, -0.1) is 12.4 Å². The predicted octanol–water partition coefficient (Wildman–Crippen LogP) is 4.40. The molecule has 12 heteroatoms. The number of amides is 3. The van der Waals surface area contributed by atoms with Crippen molar-refractivity contribution in [2.45, 2.75) is 46.9 Å². The summed E-state index contributed by atoms with van der Waals surface area (Å²) in [6, 6.07) is 14.6. The second-order valence-electron chi connectivity index (χ2n) is 10.3. The lowest BCUT2D eigenvalue weighted by Gasteiger charge is -2.35. The molecule has 0 aliphatic carbocycles. The highest BCUT2D eigenvalue weighted by Gasteiger charge is 2.30. The van der Waals surface area contributed by atoms with Crippen molar-refractivity contribution in [3.05, 3.63) is 82.5 Å². The van der Waals surface area contributed by atoms with Crippen LogP contribution in [0.5, 0.6) is 0 Å². The van der Waals surface area contributed by atoms with Gasteiger partial charge in [0.25, 0.3) is 0 Å². The van der Waals surface area contributed by atoms with Crippen LogP contribution in [0.2, 0.25) is 0 Å². The molecule has 2 aliphatic heterocycles. The molecule has 2 aliphatic rings. The van der Waals surface area contributed by atoms with Gasteiger partial charge in [0.2, 0.25) is 11.8 Å². The van der Waals surface area contributed by atoms with Gasteiger partial charge in [0.1, 0.15) is 12.1 Å². The van der Waals surface area contributed by atoms with E-state index in [1.54, 1.807) is 49.9 Å². The van der Waals surface area contributed by atoms with Crippen molar-refractivity contribution in [1.82, 2.24) is 20.0 Å². The van der Waals surface area contributed by atoms with Crippen LogP contribution in [0.15, 0.2) is 48.5 Å². The summed E-state index contributed by atoms with van der Waals surface area (Å²) in [6.45, 7) is 23.3. The van der Waals surface area contributed by atoms with Crippen molar-refractivity contribution in [2.24, 2.45) is 0 Å². The van der Waals surface area contributed by atoms with Crippen LogP contribution in [0, 0.1) is 13.1 Å². The molecule has 2 heterocycles. The van der Waals surface area contributed by atoms with Crippen LogP contribution < -0.4 is 5.32 Å². The van der Waals surface area contributed by atoms with Crippen molar-refractivity contribution in [1.29, 1.82) is 1.34 Å². The van der Waals surface area contributed by atoms with Crippen LogP contribution in [0.4, 0.5) is 16.2 Å². The molecule has 2 fully saturated rings. The molecule has 0 atom stereocenters. The van der Waals surface area contributed by atoms with E-state index in [0.29, 0.717) is 44.1 Å². The number of rotatable bonds is 4. The van der Waals surface area contributed by atoms with Gasteiger partial charge in [-0.2, -0.15) is 0 Å². The number of nitrogens with one attached hydrogen (secondary N) is 1. The van der Waals surface area contributed by atoms with Crippen molar-refractivity contribution in [3.63, 3.8) is 0 Å². The fourth-order valence-corrected chi connectivity index (χ4v) is 3.96. The minimum absolute atomic E-state index is 0. The Morgan fingerprint density at radius 2 is 1.40 bits per heavy atom. The largest absolute Gasteiger partial charge is 0.444 e. The van der Waals surface area contributed by atoms with Crippen LogP contribution >= 0.6 is 12.4 Å². The maximum Gasteiger partial charge on any atom is 0.410 e. The normalized spacial score (nSPS) is 14.8. The molecule has 0 bridgehead atoms. The number of hydrogen-bond donors (Lipinski definition) is 1. The Balaban J connectivity index is 0.000000773. The summed E-state index contributed by atoms with van der Waals surface area (Å²) in [7, 11) is 5.00. The van der Waals surface area contributed by atoms with E-state index in [1.807, 2.05) is 29.2 Å². The first-order valence-corrected chi connectivity index (χ1v) is 12.7. The zero-order chi connectivity index (χ0) is 32.4. The van der Waals surface area contributed by atoms with Crippen molar-refractivity contribution < 1.29 is 20.5 Å². The van der Waals surface area contributed by atoms with Gasteiger partial charge in [-0.1, -0.05) is 55.9 Å². The second kappa shape index (κ2) is 17.7. The number of nitrogens with zero attached hydrogens (tertiary/aromatic N) is 5. The molecule has 2 aromatic rings. The molecule has 42 heavy (non-hydrogen) atoms. The van der Waals surface area contributed by atoms with E-state index in [9.17, 15) is 14.4 Å². The Labute approximate surface area is 260 Å². The Morgan fingerprint density at radius 1 is 0.929 bits per heavy atom. The molecule has 4 rings (SSSR count). The van der Waals surface area contributed by atoms with Gasteiger partial charge < -0.3 is 19.9 Å². The molecule has 224 valence electrons. The maximum absolute atomic E-state index is 12.2. The summed E-state index contributed by atoms with van der Waals surface area (Å²) in [5.74, 6) is 0.0388. The number of piperazine rings is 2. The lowest BCUT2D eigenvalue weighted by molar-refractivity contribution is -0.136. The molecule has 0 unspecified atom stereocenters. The van der Waals surface area contributed by atoms with Gasteiger partial charge in [-0.05, 0) is 33.2 Å². The van der Waals surface area contributed by atoms with Gasteiger partial charge in [-0.3, -0.25) is 14.5 Å². The molecule has 10 nitrogen and oxygen atoms in total. The minimum atomic E-state index is -0.568. The molecule has 1 N–H and O–H groups in total. The summed E-state index contributed by atoms with van der Waals surface area (Å²) in [5, 5.41) is 3.04. The summed E-state index contributed by atoms with van der Waals surface area (Å²) in [4.78, 5) is 47.4. The molecular weight excluding hydrogens is 555 g/mol. The van der Waals surface area contributed by atoms with Gasteiger partial charge in [0.15, 0.2) is 11.4 Å². The standard InChI is InChI=1S/C17H21N3O3.C12H13N3O.CH4.BH.ClH/c1-17(2,3)23-16(22)20-10-9-19(15(21)12-20)11-13-5-7-14(18-4)8-6-13;1-13-11-4-2-10(3-5-11)9-15-7-6-14-8-12(15)16;;;/h5-8H,9-12H2,1-3H3;2-5,14H,6-9H2;1H4;2*1H/i;;2*1D;. The summed E-state index contributed by atoms with van der Waals surface area (Å²) in [6.07, 6.45) is -0.452. The third-order valence-electron chi connectivity index (χ3n) is 6.04. The highest BCUT2D eigenvalue weighted by molar-refractivity contribution is 5.85. The topological polar surface area (TPSA) is 90.9 Å². The number of benzene rings is 2. The van der Waals surface area contributed by atoms with E-state index >= 15 is 0 Å². The van der Waals surface area contributed by atoms with E-state index < -0.39 is 11.7 Å². The first kappa shape index (κ1) is 34.1. The Bertz CT molecular complexity index is 1260. The Morgan fingerprint density at radius 3 is 1.81 bits per heavy atom. The number of carbonyl (C=O) groups is 3. The van der Waals surface area contributed by atoms with E-state index in [-0.39, 0.29) is 30.8 Å². The quantitative estimate of drug-likeness (QED) is 0.418. The van der Waals surface area contributed by atoms with Gasteiger partial charge in [0.05, 0.1) is 19.7 Å². The molecule has 2 saturated heterocycles. The van der Waals surface area contributed by atoms with E-state index in [4.69, 9.17) is 20.6 Å². The highest BCUT2D eigenvalue weighted by Crippen LogP contribution is 2.17. The van der Waals surface area contributed by atoms with Gasteiger partial charge >= 0.3 is 6.09 Å². The number of halogens is 1. The highest BCUT2D eigenvalue weighted by atomic mass is 35.5. The SMILES string of the molecule is Cl.[2H]C.[2H][B].[C-]#[N+]c1ccc(CN2CCN(C(=O)OC(C)(C)C)CC2=O)cc1.[C-]#[N+]c1ccc(CN2CCNCC2=O)cc1. The summed E-state index contributed by atoms with van der Waals surface area (Å²) < 4.78 is 16.3. The van der Waals surface area contributed by atoms with E-state index in [2.05, 4.69) is 23.4 Å². The lowest BCUT2D eigenvalue weighted by atomic mass is 10.2. The zero-order valence-corrected chi connectivity index (χ0v) is 25.4.